The minimum atomic E-state index is -0.891. The van der Waals surface area contributed by atoms with E-state index in [1.807, 2.05) is 12.1 Å². The molecule has 2 aliphatic rings. The average Bonchev–Trinajstić information content (AvgIpc) is 3.08. The van der Waals surface area contributed by atoms with E-state index in [-0.39, 0.29) is 0 Å². The first-order chi connectivity index (χ1) is 9.72. The lowest BCUT2D eigenvalue weighted by Crippen LogP contribution is -2.31. The normalized spacial score (nSPS) is 24.5. The number of nitrogens with zero attached hydrogens (tertiary/aromatic N) is 2. The Morgan fingerprint density at radius 3 is 2.90 bits per heavy atom. The largest absolute Gasteiger partial charge is 0.478 e. The van der Waals surface area contributed by atoms with Gasteiger partial charge < -0.3 is 10.0 Å². The molecule has 1 saturated heterocycles. The highest BCUT2D eigenvalue weighted by molar-refractivity contribution is 6.03. The summed E-state index contributed by atoms with van der Waals surface area (Å²) in [5, 5.41) is 10.0. The standard InChI is InChI=1S/C16H16N2O2/c19-16(20)13-5-6-17-15-4-3-12(8-14(13)15)18-9-10-1-2-11(18)7-10/h3-6,8,10-11H,1-2,7,9H2,(H,19,20). The van der Waals surface area contributed by atoms with E-state index in [0.29, 0.717) is 11.6 Å². The van der Waals surface area contributed by atoms with Crippen molar-refractivity contribution >= 4 is 22.6 Å². The third kappa shape index (κ3) is 1.68. The number of pyridine rings is 1. The first-order valence-corrected chi connectivity index (χ1v) is 7.11. The SMILES string of the molecule is O=C(O)c1ccnc2ccc(N3CC4CCC3C4)cc12. The fourth-order valence-electron chi connectivity index (χ4n) is 3.74. The summed E-state index contributed by atoms with van der Waals surface area (Å²) in [7, 11) is 0. The van der Waals surface area contributed by atoms with Crippen LogP contribution in [0.3, 0.4) is 0 Å². The quantitative estimate of drug-likeness (QED) is 0.910. The van der Waals surface area contributed by atoms with E-state index >= 15 is 0 Å². The van der Waals surface area contributed by atoms with E-state index in [4.69, 9.17) is 0 Å². The van der Waals surface area contributed by atoms with Gasteiger partial charge in [0.25, 0.3) is 0 Å². The third-order valence-corrected chi connectivity index (χ3v) is 4.70. The van der Waals surface area contributed by atoms with Gasteiger partial charge in [-0.25, -0.2) is 4.79 Å². The fourth-order valence-corrected chi connectivity index (χ4v) is 3.74. The molecule has 0 amide bonds. The van der Waals surface area contributed by atoms with Crippen molar-refractivity contribution in [3.05, 3.63) is 36.0 Å². The summed E-state index contributed by atoms with van der Waals surface area (Å²) < 4.78 is 0. The maximum Gasteiger partial charge on any atom is 0.336 e. The van der Waals surface area contributed by atoms with Crippen LogP contribution in [0, 0.1) is 5.92 Å². The zero-order chi connectivity index (χ0) is 13.7. The molecule has 1 aliphatic carbocycles. The van der Waals surface area contributed by atoms with Crippen LogP contribution in [0.1, 0.15) is 29.6 Å². The molecule has 2 heterocycles. The Hall–Kier alpha value is -2.10. The van der Waals surface area contributed by atoms with Gasteiger partial charge in [0.1, 0.15) is 0 Å². The van der Waals surface area contributed by atoms with E-state index in [2.05, 4.69) is 16.0 Å². The number of hydrogen-bond donors (Lipinski definition) is 1. The molecule has 1 aromatic carbocycles. The molecule has 4 heteroatoms. The molecule has 102 valence electrons. The third-order valence-electron chi connectivity index (χ3n) is 4.70. The van der Waals surface area contributed by atoms with Gasteiger partial charge in [0.05, 0.1) is 11.1 Å². The number of fused-ring (bicyclic) bond motifs is 3. The van der Waals surface area contributed by atoms with Gasteiger partial charge >= 0.3 is 5.97 Å². The molecular weight excluding hydrogens is 252 g/mol. The summed E-state index contributed by atoms with van der Waals surface area (Å²) in [6, 6.07) is 8.21. The summed E-state index contributed by atoms with van der Waals surface area (Å²) in [5.74, 6) is -0.0685. The molecule has 1 N–H and O–H groups in total. The summed E-state index contributed by atoms with van der Waals surface area (Å²) in [6.45, 7) is 1.11. The monoisotopic (exact) mass is 268 g/mol. The highest BCUT2D eigenvalue weighted by Crippen LogP contribution is 2.40. The lowest BCUT2D eigenvalue weighted by atomic mass is 10.1. The van der Waals surface area contributed by atoms with Crippen molar-refractivity contribution in [3.8, 4) is 0 Å². The second-order valence-corrected chi connectivity index (χ2v) is 5.85. The number of carbonyl (C=O) groups is 1. The Labute approximate surface area is 117 Å². The number of carboxylic acid groups (broad SMARTS) is 1. The van der Waals surface area contributed by atoms with Gasteiger partial charge in [0.2, 0.25) is 0 Å². The molecule has 1 aromatic heterocycles. The number of anilines is 1. The molecule has 4 nitrogen and oxygen atoms in total. The van der Waals surface area contributed by atoms with Gasteiger partial charge in [-0.15, -0.1) is 0 Å². The van der Waals surface area contributed by atoms with Crippen molar-refractivity contribution in [1.82, 2.24) is 4.98 Å². The maximum absolute atomic E-state index is 11.3. The van der Waals surface area contributed by atoms with Crippen LogP contribution in [0.25, 0.3) is 10.9 Å². The van der Waals surface area contributed by atoms with Gasteiger partial charge in [-0.05, 0) is 49.4 Å². The first-order valence-electron chi connectivity index (χ1n) is 7.11. The van der Waals surface area contributed by atoms with Crippen molar-refractivity contribution in [2.45, 2.75) is 25.3 Å². The number of rotatable bonds is 2. The van der Waals surface area contributed by atoms with Gasteiger partial charge in [-0.2, -0.15) is 0 Å². The molecule has 2 fully saturated rings. The fraction of sp³-hybridized carbons (Fsp3) is 0.375. The summed E-state index contributed by atoms with van der Waals surface area (Å²) in [5.41, 5.74) is 2.22. The van der Waals surface area contributed by atoms with E-state index in [1.54, 1.807) is 12.3 Å². The maximum atomic E-state index is 11.3. The van der Waals surface area contributed by atoms with Gasteiger partial charge in [-0.1, -0.05) is 0 Å². The topological polar surface area (TPSA) is 53.4 Å². The minimum Gasteiger partial charge on any atom is -0.478 e. The number of aromatic nitrogens is 1. The smallest absolute Gasteiger partial charge is 0.336 e. The van der Waals surface area contributed by atoms with Crippen LogP contribution in [0.2, 0.25) is 0 Å². The molecule has 2 unspecified atom stereocenters. The van der Waals surface area contributed by atoms with Crippen molar-refractivity contribution in [2.75, 3.05) is 11.4 Å². The molecule has 0 radical (unpaired) electrons. The molecule has 0 spiro atoms. The van der Waals surface area contributed by atoms with Crippen LogP contribution in [0.4, 0.5) is 5.69 Å². The Kier molecular flexibility index (Phi) is 2.46. The number of benzene rings is 1. The number of piperidine rings is 1. The summed E-state index contributed by atoms with van der Waals surface area (Å²) in [6.07, 6.45) is 5.46. The predicted molar refractivity (Wildman–Crippen MR) is 77.2 cm³/mol. The lowest BCUT2D eigenvalue weighted by molar-refractivity contribution is 0.0699. The van der Waals surface area contributed by atoms with Crippen molar-refractivity contribution < 1.29 is 9.90 Å². The molecule has 2 atom stereocenters. The van der Waals surface area contributed by atoms with Crippen molar-refractivity contribution in [2.24, 2.45) is 5.92 Å². The van der Waals surface area contributed by atoms with Gasteiger partial charge in [0.15, 0.2) is 0 Å². The van der Waals surface area contributed by atoms with Crippen molar-refractivity contribution in [3.63, 3.8) is 0 Å². The number of aromatic carboxylic acids is 1. The van der Waals surface area contributed by atoms with E-state index in [9.17, 15) is 9.90 Å². The van der Waals surface area contributed by atoms with Crippen LogP contribution in [-0.2, 0) is 0 Å². The molecule has 1 saturated carbocycles. The summed E-state index contributed by atoms with van der Waals surface area (Å²) >= 11 is 0. The predicted octanol–water partition coefficient (Wildman–Crippen LogP) is 2.92. The van der Waals surface area contributed by atoms with Crippen molar-refractivity contribution in [1.29, 1.82) is 0 Å². The van der Waals surface area contributed by atoms with Gasteiger partial charge in [0, 0.05) is 29.9 Å². The molecule has 4 rings (SSSR count). The van der Waals surface area contributed by atoms with Gasteiger partial charge in [-0.3, -0.25) is 4.98 Å². The number of carboxylic acids is 1. The van der Waals surface area contributed by atoms with Crippen LogP contribution >= 0.6 is 0 Å². The minimum absolute atomic E-state index is 0.334. The van der Waals surface area contributed by atoms with E-state index < -0.39 is 5.97 Å². The Balaban J connectivity index is 1.82. The summed E-state index contributed by atoms with van der Waals surface area (Å²) in [4.78, 5) is 18.0. The average molecular weight is 268 g/mol. The Morgan fingerprint density at radius 2 is 2.20 bits per heavy atom. The van der Waals surface area contributed by atoms with Crippen LogP contribution in [0.5, 0.6) is 0 Å². The lowest BCUT2D eigenvalue weighted by Gasteiger charge is -2.29. The molecule has 1 aliphatic heterocycles. The second-order valence-electron chi connectivity index (χ2n) is 5.85. The van der Waals surface area contributed by atoms with Crippen LogP contribution in [-0.4, -0.2) is 28.6 Å². The number of hydrogen-bond acceptors (Lipinski definition) is 3. The first kappa shape index (κ1) is 11.7. The zero-order valence-corrected chi connectivity index (χ0v) is 11.1. The highest BCUT2D eigenvalue weighted by atomic mass is 16.4. The Bertz CT molecular complexity index is 698. The van der Waals surface area contributed by atoms with E-state index in [0.717, 1.165) is 29.1 Å². The molecular formula is C16H16N2O2. The highest BCUT2D eigenvalue weighted by Gasteiger charge is 2.37. The van der Waals surface area contributed by atoms with E-state index in [1.165, 1.54) is 19.3 Å². The van der Waals surface area contributed by atoms with Crippen LogP contribution in [0.15, 0.2) is 30.5 Å². The zero-order valence-electron chi connectivity index (χ0n) is 11.1. The Morgan fingerprint density at radius 1 is 1.30 bits per heavy atom. The van der Waals surface area contributed by atoms with Crippen LogP contribution < -0.4 is 4.90 Å². The molecule has 2 aromatic rings. The second kappa shape index (κ2) is 4.20. The molecule has 2 bridgehead atoms. The molecule has 20 heavy (non-hydrogen) atoms.